The molecule has 0 radical (unpaired) electrons. The van der Waals surface area contributed by atoms with Crippen molar-refractivity contribution in [3.05, 3.63) is 23.9 Å². The van der Waals surface area contributed by atoms with Crippen LogP contribution in [0.15, 0.2) is 18.3 Å². The molecular weight excluding hydrogens is 212 g/mol. The maximum Gasteiger partial charge on any atom is 0.134 e. The van der Waals surface area contributed by atoms with Crippen LogP contribution in [0.2, 0.25) is 0 Å². The van der Waals surface area contributed by atoms with Gasteiger partial charge in [0, 0.05) is 24.3 Å². The Balaban J connectivity index is 2.30. The van der Waals surface area contributed by atoms with Crippen molar-refractivity contribution in [3.63, 3.8) is 0 Å². The summed E-state index contributed by atoms with van der Waals surface area (Å²) in [6.45, 7) is 5.12. The fraction of sp³-hybridized carbons (Fsp3) is 0.643. The zero-order valence-electron chi connectivity index (χ0n) is 10.8. The summed E-state index contributed by atoms with van der Waals surface area (Å²) in [5.74, 6) is 0.969. The van der Waals surface area contributed by atoms with Crippen LogP contribution < -0.4 is 4.90 Å². The lowest BCUT2D eigenvalue weighted by Gasteiger charge is -2.30. The van der Waals surface area contributed by atoms with Crippen LogP contribution in [-0.2, 0) is 0 Å². The molecule has 2 heterocycles. The maximum atomic E-state index is 9.83. The summed E-state index contributed by atoms with van der Waals surface area (Å²) in [7, 11) is 0. The van der Waals surface area contributed by atoms with E-state index < -0.39 is 6.10 Å². The van der Waals surface area contributed by atoms with Crippen molar-refractivity contribution in [1.82, 2.24) is 4.98 Å². The molecule has 1 aliphatic heterocycles. The Morgan fingerprint density at radius 2 is 2.24 bits per heavy atom. The second kappa shape index (κ2) is 5.50. The normalized spacial score (nSPS) is 23.2. The zero-order valence-corrected chi connectivity index (χ0v) is 10.8. The number of aliphatic hydroxyl groups excluding tert-OH is 1. The molecule has 2 rings (SSSR count). The molecule has 1 fully saturated rings. The van der Waals surface area contributed by atoms with Crippen LogP contribution in [0.4, 0.5) is 5.82 Å². The predicted molar refractivity (Wildman–Crippen MR) is 70.1 cm³/mol. The molecule has 0 bridgehead atoms. The Morgan fingerprint density at radius 3 is 3.00 bits per heavy atom. The van der Waals surface area contributed by atoms with Crippen LogP contribution >= 0.6 is 0 Å². The first-order valence-electron chi connectivity index (χ1n) is 6.60. The fourth-order valence-electron chi connectivity index (χ4n) is 2.57. The van der Waals surface area contributed by atoms with Crippen LogP contribution in [-0.4, -0.2) is 22.7 Å². The number of hydrogen-bond donors (Lipinski definition) is 1. The summed E-state index contributed by atoms with van der Waals surface area (Å²) < 4.78 is 0. The van der Waals surface area contributed by atoms with Gasteiger partial charge in [-0.2, -0.15) is 0 Å². The van der Waals surface area contributed by atoms with Gasteiger partial charge in [0.05, 0.1) is 6.10 Å². The first kappa shape index (κ1) is 12.4. The fourth-order valence-corrected chi connectivity index (χ4v) is 2.57. The molecule has 17 heavy (non-hydrogen) atoms. The molecule has 0 aromatic carbocycles. The summed E-state index contributed by atoms with van der Waals surface area (Å²) in [6.07, 6.45) is 6.41. The molecule has 1 aliphatic rings. The molecule has 2 atom stereocenters. The van der Waals surface area contributed by atoms with E-state index in [1.807, 2.05) is 25.3 Å². The number of anilines is 1. The number of hydrogen-bond acceptors (Lipinski definition) is 3. The monoisotopic (exact) mass is 234 g/mol. The van der Waals surface area contributed by atoms with Crippen molar-refractivity contribution in [1.29, 1.82) is 0 Å². The molecule has 0 aliphatic carbocycles. The molecule has 1 aromatic heterocycles. The van der Waals surface area contributed by atoms with Gasteiger partial charge in [-0.1, -0.05) is 18.9 Å². The smallest absolute Gasteiger partial charge is 0.134 e. The van der Waals surface area contributed by atoms with Crippen molar-refractivity contribution in [3.8, 4) is 0 Å². The summed E-state index contributed by atoms with van der Waals surface area (Å²) in [5, 5.41) is 9.83. The third-order valence-electron chi connectivity index (χ3n) is 3.59. The van der Waals surface area contributed by atoms with Crippen LogP contribution in [0, 0.1) is 0 Å². The minimum absolute atomic E-state index is 0.450. The van der Waals surface area contributed by atoms with Gasteiger partial charge in [0.15, 0.2) is 0 Å². The summed E-state index contributed by atoms with van der Waals surface area (Å²) in [4.78, 5) is 6.84. The highest BCUT2D eigenvalue weighted by atomic mass is 16.3. The van der Waals surface area contributed by atoms with Crippen molar-refractivity contribution < 1.29 is 5.11 Å². The highest BCUT2D eigenvalue weighted by molar-refractivity contribution is 5.48. The number of aromatic nitrogens is 1. The molecule has 3 nitrogen and oxygen atoms in total. The zero-order chi connectivity index (χ0) is 12.3. The van der Waals surface area contributed by atoms with E-state index in [1.165, 1.54) is 25.7 Å². The van der Waals surface area contributed by atoms with Gasteiger partial charge in [0.25, 0.3) is 0 Å². The van der Waals surface area contributed by atoms with Crippen molar-refractivity contribution in [2.24, 2.45) is 0 Å². The quantitative estimate of drug-likeness (QED) is 0.854. The largest absolute Gasteiger partial charge is 0.389 e. The lowest BCUT2D eigenvalue weighted by molar-refractivity contribution is 0.199. The Labute approximate surface area is 103 Å². The average Bonchev–Trinajstić information content (AvgIpc) is 2.54. The first-order valence-corrected chi connectivity index (χ1v) is 6.60. The summed E-state index contributed by atoms with van der Waals surface area (Å²) in [6, 6.07) is 4.39. The van der Waals surface area contributed by atoms with E-state index in [2.05, 4.69) is 16.8 Å². The van der Waals surface area contributed by atoms with Crippen LogP contribution in [0.3, 0.4) is 0 Å². The third kappa shape index (κ3) is 2.78. The van der Waals surface area contributed by atoms with Gasteiger partial charge in [-0.25, -0.2) is 4.98 Å². The second-order valence-electron chi connectivity index (χ2n) is 4.98. The van der Waals surface area contributed by atoms with E-state index in [0.717, 1.165) is 17.9 Å². The van der Waals surface area contributed by atoms with E-state index in [-0.39, 0.29) is 0 Å². The molecule has 1 aromatic rings. The van der Waals surface area contributed by atoms with Crippen molar-refractivity contribution in [2.75, 3.05) is 11.4 Å². The van der Waals surface area contributed by atoms with Gasteiger partial charge in [0.1, 0.15) is 5.82 Å². The topological polar surface area (TPSA) is 36.4 Å². The lowest BCUT2D eigenvalue weighted by Crippen LogP contribution is -2.34. The highest BCUT2D eigenvalue weighted by Crippen LogP contribution is 2.28. The molecule has 0 amide bonds. The molecule has 94 valence electrons. The highest BCUT2D eigenvalue weighted by Gasteiger charge is 2.21. The minimum atomic E-state index is -0.450. The van der Waals surface area contributed by atoms with Crippen LogP contribution in [0.25, 0.3) is 0 Å². The Morgan fingerprint density at radius 1 is 1.41 bits per heavy atom. The van der Waals surface area contributed by atoms with Crippen molar-refractivity contribution >= 4 is 5.82 Å². The second-order valence-corrected chi connectivity index (χ2v) is 4.98. The van der Waals surface area contributed by atoms with E-state index in [0.29, 0.717) is 6.04 Å². The van der Waals surface area contributed by atoms with Gasteiger partial charge in [-0.05, 0) is 32.8 Å². The van der Waals surface area contributed by atoms with Crippen LogP contribution in [0.5, 0.6) is 0 Å². The molecule has 3 heteroatoms. The third-order valence-corrected chi connectivity index (χ3v) is 3.59. The van der Waals surface area contributed by atoms with Crippen molar-refractivity contribution in [2.45, 2.75) is 51.7 Å². The van der Waals surface area contributed by atoms with Gasteiger partial charge < -0.3 is 10.0 Å². The Bertz CT molecular complexity index is 365. The molecule has 0 spiro atoms. The lowest BCUT2D eigenvalue weighted by atomic mass is 10.1. The summed E-state index contributed by atoms with van der Waals surface area (Å²) in [5.41, 5.74) is 0.946. The predicted octanol–water partition coefficient (Wildman–Crippen LogP) is 2.90. The molecule has 0 saturated carbocycles. The van der Waals surface area contributed by atoms with Gasteiger partial charge >= 0.3 is 0 Å². The van der Waals surface area contributed by atoms with Crippen LogP contribution in [0.1, 0.15) is 51.2 Å². The first-order chi connectivity index (χ1) is 8.20. The van der Waals surface area contributed by atoms with Gasteiger partial charge in [-0.3, -0.25) is 0 Å². The van der Waals surface area contributed by atoms with Gasteiger partial charge in [-0.15, -0.1) is 0 Å². The van der Waals surface area contributed by atoms with Gasteiger partial charge in [0.2, 0.25) is 0 Å². The summed E-state index contributed by atoms with van der Waals surface area (Å²) >= 11 is 0. The Kier molecular flexibility index (Phi) is 4.00. The number of rotatable bonds is 2. The number of nitrogens with zero attached hydrogens (tertiary/aromatic N) is 2. The van der Waals surface area contributed by atoms with E-state index in [1.54, 1.807) is 0 Å². The maximum absolute atomic E-state index is 9.83. The molecule has 1 saturated heterocycles. The standard InChI is InChI=1S/C14H22N2O/c1-11-7-4-3-5-10-16(11)14-13(12(2)17)8-6-9-15-14/h6,8-9,11-12,17H,3-5,7,10H2,1-2H3/t11?,12-/m1/s1. The minimum Gasteiger partial charge on any atom is -0.389 e. The van der Waals surface area contributed by atoms with E-state index in [9.17, 15) is 5.11 Å². The molecular formula is C14H22N2O. The number of aliphatic hydroxyl groups is 1. The average molecular weight is 234 g/mol. The Hall–Kier alpha value is -1.09. The number of pyridine rings is 1. The SMILES string of the molecule is CC1CCCCCN1c1ncccc1[C@@H](C)O. The van der Waals surface area contributed by atoms with E-state index >= 15 is 0 Å². The molecule has 1 unspecified atom stereocenters. The van der Waals surface area contributed by atoms with E-state index in [4.69, 9.17) is 0 Å². The molecule has 1 N–H and O–H groups in total.